The maximum Gasteiger partial charge on any atom is 0.206 e. The molecule has 0 saturated carbocycles. The largest absolute Gasteiger partial charge is 0.382 e. The first kappa shape index (κ1) is 23.7. The van der Waals surface area contributed by atoms with E-state index in [-0.39, 0.29) is 23.2 Å². The van der Waals surface area contributed by atoms with Gasteiger partial charge in [-0.2, -0.15) is 0 Å². The lowest BCUT2D eigenvalue weighted by Gasteiger charge is -2.02. The van der Waals surface area contributed by atoms with Crippen molar-refractivity contribution in [3.05, 3.63) is 45.1 Å². The van der Waals surface area contributed by atoms with Gasteiger partial charge in [0.2, 0.25) is 11.6 Å². The molecule has 0 saturated heterocycles. The molecule has 0 bridgehead atoms. The molecule has 0 fully saturated rings. The van der Waals surface area contributed by atoms with Crippen LogP contribution in [-0.2, 0) is 0 Å². The summed E-state index contributed by atoms with van der Waals surface area (Å²) in [6.07, 6.45) is 4.15. The molecule has 0 aliphatic carbocycles. The number of carbonyl (C=O) groups is 2. The number of rotatable bonds is 12. The van der Waals surface area contributed by atoms with Gasteiger partial charge in [0, 0.05) is 24.2 Å². The molecule has 8 nitrogen and oxygen atoms in total. The maximum absolute atomic E-state index is 12.9. The molecular weight excluding hydrogens is 444 g/mol. The number of unbranched alkanes of at least 4 members (excludes halogenated alkanes) is 2. The molecule has 170 valence electrons. The molecule has 0 unspecified atom stereocenters. The van der Waals surface area contributed by atoms with Crippen LogP contribution in [0.2, 0.25) is 0 Å². The number of aromatic nitrogens is 2. The van der Waals surface area contributed by atoms with Crippen LogP contribution in [0.5, 0.6) is 0 Å². The first-order valence-electron chi connectivity index (χ1n) is 10.6. The molecule has 3 rings (SSSR count). The number of nitrogens with two attached hydrogens (primary N) is 2. The van der Waals surface area contributed by atoms with E-state index in [1.54, 1.807) is 24.3 Å². The topological polar surface area (TPSA) is 136 Å². The highest BCUT2D eigenvalue weighted by Gasteiger charge is 2.21. The summed E-state index contributed by atoms with van der Waals surface area (Å²) < 4.78 is 0. The SMILES string of the molecule is CCCCNc1nc(N)c(C(=O)c2ccc(C(=O)c3sc(NCCCC)nc3N)cc2)s1. The molecule has 2 aromatic heterocycles. The third kappa shape index (κ3) is 5.63. The molecule has 0 atom stereocenters. The van der Waals surface area contributed by atoms with Gasteiger partial charge in [0.1, 0.15) is 21.4 Å². The third-order valence-corrected chi connectivity index (χ3v) is 6.80. The monoisotopic (exact) mass is 472 g/mol. The van der Waals surface area contributed by atoms with Crippen LogP contribution in [0.1, 0.15) is 70.0 Å². The van der Waals surface area contributed by atoms with Crippen LogP contribution in [0.3, 0.4) is 0 Å². The van der Waals surface area contributed by atoms with Crippen molar-refractivity contribution in [2.75, 3.05) is 35.2 Å². The smallest absolute Gasteiger partial charge is 0.206 e. The van der Waals surface area contributed by atoms with Crippen LogP contribution in [0.4, 0.5) is 21.9 Å². The van der Waals surface area contributed by atoms with Crippen molar-refractivity contribution in [1.29, 1.82) is 0 Å². The number of anilines is 4. The zero-order chi connectivity index (χ0) is 23.1. The van der Waals surface area contributed by atoms with Crippen molar-refractivity contribution in [2.45, 2.75) is 39.5 Å². The lowest BCUT2D eigenvalue weighted by molar-refractivity contribution is 0.103. The highest BCUT2D eigenvalue weighted by atomic mass is 32.1. The number of hydrogen-bond acceptors (Lipinski definition) is 10. The Bertz CT molecular complexity index is 990. The number of benzene rings is 1. The Morgan fingerprint density at radius 2 is 1.16 bits per heavy atom. The van der Waals surface area contributed by atoms with Gasteiger partial charge in [-0.25, -0.2) is 9.97 Å². The maximum atomic E-state index is 12.9. The Morgan fingerprint density at radius 1 is 0.781 bits per heavy atom. The van der Waals surface area contributed by atoms with Crippen LogP contribution >= 0.6 is 22.7 Å². The first-order chi connectivity index (χ1) is 15.4. The van der Waals surface area contributed by atoms with Gasteiger partial charge in [0.05, 0.1) is 0 Å². The standard InChI is InChI=1S/C22H28N6O2S2/c1-3-5-11-25-21-27-19(23)17(31-21)15(29)13-7-9-14(10-8-13)16(30)18-20(24)28-22(32-18)26-12-6-4-2/h7-10H,3-6,11-12,23-24H2,1-2H3,(H,25,27)(H,26,28). The summed E-state index contributed by atoms with van der Waals surface area (Å²) in [7, 11) is 0. The summed E-state index contributed by atoms with van der Waals surface area (Å²) >= 11 is 2.48. The fourth-order valence-corrected chi connectivity index (χ4v) is 4.66. The highest BCUT2D eigenvalue weighted by molar-refractivity contribution is 7.18. The van der Waals surface area contributed by atoms with E-state index in [1.807, 2.05) is 0 Å². The van der Waals surface area contributed by atoms with E-state index < -0.39 is 0 Å². The number of nitrogen functional groups attached to an aromatic ring is 2. The molecule has 0 aliphatic heterocycles. The summed E-state index contributed by atoms with van der Waals surface area (Å²) in [6.45, 7) is 5.77. The lowest BCUT2D eigenvalue weighted by atomic mass is 10.0. The molecule has 0 amide bonds. The number of nitrogens with one attached hydrogen (secondary N) is 2. The van der Waals surface area contributed by atoms with Crippen molar-refractivity contribution >= 4 is 56.1 Å². The average molecular weight is 473 g/mol. The van der Waals surface area contributed by atoms with Gasteiger partial charge in [0.25, 0.3) is 0 Å². The van der Waals surface area contributed by atoms with Crippen LogP contribution in [-0.4, -0.2) is 34.6 Å². The van der Waals surface area contributed by atoms with Crippen LogP contribution in [0.25, 0.3) is 0 Å². The lowest BCUT2D eigenvalue weighted by Crippen LogP contribution is -2.05. The van der Waals surface area contributed by atoms with Gasteiger partial charge in [-0.15, -0.1) is 0 Å². The van der Waals surface area contributed by atoms with Crippen molar-refractivity contribution in [3.63, 3.8) is 0 Å². The second-order valence-electron chi connectivity index (χ2n) is 7.26. The van der Waals surface area contributed by atoms with Crippen LogP contribution in [0, 0.1) is 0 Å². The Hall–Kier alpha value is -2.98. The average Bonchev–Trinajstić information content (AvgIpc) is 3.35. The quantitative estimate of drug-likeness (QED) is 0.221. The van der Waals surface area contributed by atoms with E-state index in [2.05, 4.69) is 34.4 Å². The van der Waals surface area contributed by atoms with Gasteiger partial charge in [0.15, 0.2) is 10.3 Å². The second kappa shape index (κ2) is 11.1. The van der Waals surface area contributed by atoms with Gasteiger partial charge >= 0.3 is 0 Å². The van der Waals surface area contributed by atoms with E-state index in [4.69, 9.17) is 11.5 Å². The third-order valence-electron chi connectivity index (χ3n) is 4.74. The Labute approximate surface area is 195 Å². The fourth-order valence-electron chi connectivity index (χ4n) is 2.92. The van der Waals surface area contributed by atoms with E-state index in [1.165, 1.54) is 22.7 Å². The molecule has 0 aliphatic rings. The van der Waals surface area contributed by atoms with Crippen LogP contribution in [0.15, 0.2) is 24.3 Å². The molecule has 2 heterocycles. The fraction of sp³-hybridized carbons (Fsp3) is 0.364. The van der Waals surface area contributed by atoms with Gasteiger partial charge < -0.3 is 22.1 Å². The van der Waals surface area contributed by atoms with Gasteiger partial charge in [-0.05, 0) is 12.8 Å². The minimum atomic E-state index is -0.220. The molecule has 32 heavy (non-hydrogen) atoms. The normalized spacial score (nSPS) is 10.8. The van der Waals surface area contributed by atoms with E-state index in [9.17, 15) is 9.59 Å². The number of thiazole rings is 2. The number of hydrogen-bond donors (Lipinski definition) is 4. The van der Waals surface area contributed by atoms with Crippen molar-refractivity contribution in [3.8, 4) is 0 Å². The summed E-state index contributed by atoms with van der Waals surface area (Å²) in [5.74, 6) is -0.0242. The summed E-state index contributed by atoms with van der Waals surface area (Å²) in [4.78, 5) is 35.0. The molecule has 10 heteroatoms. The minimum Gasteiger partial charge on any atom is -0.382 e. The molecule has 3 aromatic rings. The number of nitrogens with zero attached hydrogens (tertiary/aromatic N) is 2. The molecule has 1 aromatic carbocycles. The molecule has 0 radical (unpaired) electrons. The van der Waals surface area contributed by atoms with Crippen molar-refractivity contribution < 1.29 is 9.59 Å². The van der Waals surface area contributed by atoms with E-state index in [0.717, 1.165) is 38.8 Å². The van der Waals surface area contributed by atoms with Crippen molar-refractivity contribution in [1.82, 2.24) is 9.97 Å². The van der Waals surface area contributed by atoms with Gasteiger partial charge in [-0.1, -0.05) is 73.6 Å². The van der Waals surface area contributed by atoms with Crippen LogP contribution < -0.4 is 22.1 Å². The zero-order valence-electron chi connectivity index (χ0n) is 18.2. The Morgan fingerprint density at radius 3 is 1.50 bits per heavy atom. The predicted molar refractivity (Wildman–Crippen MR) is 133 cm³/mol. The molecule has 0 spiro atoms. The van der Waals surface area contributed by atoms with E-state index >= 15 is 0 Å². The summed E-state index contributed by atoms with van der Waals surface area (Å²) in [5, 5.41) is 7.64. The number of carbonyl (C=O) groups excluding carboxylic acids is 2. The zero-order valence-corrected chi connectivity index (χ0v) is 19.9. The van der Waals surface area contributed by atoms with Crippen molar-refractivity contribution in [2.24, 2.45) is 0 Å². The second-order valence-corrected chi connectivity index (χ2v) is 9.26. The van der Waals surface area contributed by atoms with Gasteiger partial charge in [-0.3, -0.25) is 9.59 Å². The first-order valence-corrected chi connectivity index (χ1v) is 12.3. The predicted octanol–water partition coefficient (Wildman–Crippen LogP) is 4.65. The highest BCUT2D eigenvalue weighted by Crippen LogP contribution is 2.29. The Balaban J connectivity index is 1.71. The number of ketones is 2. The van der Waals surface area contributed by atoms with E-state index in [0.29, 0.717) is 31.1 Å². The molecular formula is C22H28N6O2S2. The molecule has 6 N–H and O–H groups in total. The minimum absolute atomic E-state index is 0.208. The summed E-state index contributed by atoms with van der Waals surface area (Å²) in [5.41, 5.74) is 12.8. The Kier molecular flexibility index (Phi) is 8.18. The summed E-state index contributed by atoms with van der Waals surface area (Å²) in [6, 6.07) is 6.49.